The molecule has 0 amide bonds. The normalized spacial score (nSPS) is 10.0. The van der Waals surface area contributed by atoms with Crippen LogP contribution in [0.1, 0.15) is 22.3 Å². The van der Waals surface area contributed by atoms with E-state index in [2.05, 4.69) is 13.2 Å². The summed E-state index contributed by atoms with van der Waals surface area (Å²) in [5.74, 6) is -0.959. The van der Waals surface area contributed by atoms with Crippen LogP contribution in [0.15, 0.2) is 98.1 Å². The van der Waals surface area contributed by atoms with E-state index in [0.29, 0.717) is 17.9 Å². The molecule has 8 nitrogen and oxygen atoms in total. The molecule has 0 saturated carbocycles. The molecule has 8 heteroatoms. The van der Waals surface area contributed by atoms with Gasteiger partial charge in [-0.2, -0.15) is 0 Å². The van der Waals surface area contributed by atoms with Crippen LogP contribution >= 0.6 is 0 Å². The Bertz CT molecular complexity index is 1260. The van der Waals surface area contributed by atoms with Crippen LogP contribution in [0.5, 0.6) is 23.0 Å². The van der Waals surface area contributed by atoms with E-state index in [0.717, 1.165) is 17.7 Å². The summed E-state index contributed by atoms with van der Waals surface area (Å²) in [4.78, 5) is 46.9. The average molecular weight is 486 g/mol. The first-order valence-corrected chi connectivity index (χ1v) is 10.8. The summed E-state index contributed by atoms with van der Waals surface area (Å²) in [6.07, 6.45) is 2.69. The van der Waals surface area contributed by atoms with Gasteiger partial charge in [-0.15, -0.1) is 0 Å². The number of carbonyl (C=O) groups is 4. The van der Waals surface area contributed by atoms with Crippen molar-refractivity contribution in [2.75, 3.05) is 0 Å². The van der Waals surface area contributed by atoms with Gasteiger partial charge in [0, 0.05) is 18.6 Å². The van der Waals surface area contributed by atoms with Crippen molar-refractivity contribution in [3.8, 4) is 23.0 Å². The summed E-state index contributed by atoms with van der Waals surface area (Å²) in [5.41, 5.74) is 1.13. The summed E-state index contributed by atoms with van der Waals surface area (Å²) in [6.45, 7) is 6.65. The lowest BCUT2D eigenvalue weighted by molar-refractivity contribution is -0.134. The molecule has 0 bridgehead atoms. The number of hydrogen-bond donors (Lipinski definition) is 0. The van der Waals surface area contributed by atoms with Crippen molar-refractivity contribution in [3.05, 3.63) is 109 Å². The van der Waals surface area contributed by atoms with Crippen LogP contribution in [0, 0.1) is 0 Å². The fourth-order valence-corrected chi connectivity index (χ4v) is 2.87. The SMILES string of the molecule is C=CC(=O)Oc1ccc(CCC(=O)Oc2ccc(OC(=O)c3ccc(OC(=O)C=C)cc3)cc2)cc1. The maximum Gasteiger partial charge on any atom is 0.343 e. The van der Waals surface area contributed by atoms with Gasteiger partial charge in [0.2, 0.25) is 0 Å². The van der Waals surface area contributed by atoms with E-state index in [1.807, 2.05) is 0 Å². The van der Waals surface area contributed by atoms with Crippen molar-refractivity contribution in [2.24, 2.45) is 0 Å². The topological polar surface area (TPSA) is 105 Å². The second-order valence-corrected chi connectivity index (χ2v) is 7.25. The molecule has 0 saturated heterocycles. The van der Waals surface area contributed by atoms with Gasteiger partial charge in [-0.1, -0.05) is 25.3 Å². The molecule has 0 spiro atoms. The number of hydrogen-bond acceptors (Lipinski definition) is 8. The minimum absolute atomic E-state index is 0.140. The average Bonchev–Trinajstić information content (AvgIpc) is 2.89. The number of aryl methyl sites for hydroxylation is 1. The Morgan fingerprint density at radius 3 is 1.50 bits per heavy atom. The van der Waals surface area contributed by atoms with E-state index in [-0.39, 0.29) is 23.5 Å². The first-order chi connectivity index (χ1) is 17.4. The van der Waals surface area contributed by atoms with Crippen LogP contribution in [-0.2, 0) is 20.8 Å². The largest absolute Gasteiger partial charge is 0.427 e. The number of benzene rings is 3. The molecule has 182 valence electrons. The number of ether oxygens (including phenoxy) is 4. The van der Waals surface area contributed by atoms with Gasteiger partial charge in [0.25, 0.3) is 0 Å². The Balaban J connectivity index is 1.46. The zero-order chi connectivity index (χ0) is 25.9. The highest BCUT2D eigenvalue weighted by atomic mass is 16.5. The van der Waals surface area contributed by atoms with Gasteiger partial charge in [-0.3, -0.25) is 4.79 Å². The molecular formula is C28H22O8. The predicted molar refractivity (Wildman–Crippen MR) is 130 cm³/mol. The summed E-state index contributed by atoms with van der Waals surface area (Å²) in [6, 6.07) is 18.7. The van der Waals surface area contributed by atoms with E-state index < -0.39 is 23.9 Å². The molecular weight excluding hydrogens is 464 g/mol. The Hall–Kier alpha value is -4.98. The van der Waals surface area contributed by atoms with Crippen LogP contribution in [0.3, 0.4) is 0 Å². The number of esters is 4. The second kappa shape index (κ2) is 12.5. The molecule has 0 radical (unpaired) electrons. The molecule has 3 aromatic rings. The zero-order valence-electron chi connectivity index (χ0n) is 19.2. The Kier molecular flexibility index (Phi) is 8.88. The van der Waals surface area contributed by atoms with Crippen LogP contribution in [-0.4, -0.2) is 23.9 Å². The van der Waals surface area contributed by atoms with E-state index in [1.165, 1.54) is 48.5 Å². The minimum atomic E-state index is -0.605. The van der Waals surface area contributed by atoms with Crippen molar-refractivity contribution in [1.29, 1.82) is 0 Å². The molecule has 0 aliphatic heterocycles. The summed E-state index contributed by atoms with van der Waals surface area (Å²) < 4.78 is 20.6. The fraction of sp³-hybridized carbons (Fsp3) is 0.0714. The van der Waals surface area contributed by atoms with Crippen molar-refractivity contribution in [3.63, 3.8) is 0 Å². The van der Waals surface area contributed by atoms with Gasteiger partial charge in [-0.05, 0) is 72.6 Å². The molecule has 0 aromatic heterocycles. The molecule has 0 aliphatic rings. The molecule has 0 N–H and O–H groups in total. The Labute approximate surface area is 207 Å². The predicted octanol–water partition coefficient (Wildman–Crippen LogP) is 4.63. The van der Waals surface area contributed by atoms with E-state index in [9.17, 15) is 19.2 Å². The fourth-order valence-electron chi connectivity index (χ4n) is 2.87. The molecule has 0 aliphatic carbocycles. The smallest absolute Gasteiger partial charge is 0.343 e. The van der Waals surface area contributed by atoms with Gasteiger partial charge in [0.05, 0.1) is 5.56 Å². The van der Waals surface area contributed by atoms with Gasteiger partial charge in [-0.25, -0.2) is 14.4 Å². The van der Waals surface area contributed by atoms with Crippen molar-refractivity contribution < 1.29 is 38.1 Å². The molecule has 3 rings (SSSR count). The maximum atomic E-state index is 12.3. The first-order valence-electron chi connectivity index (χ1n) is 10.8. The van der Waals surface area contributed by atoms with Gasteiger partial charge >= 0.3 is 23.9 Å². The van der Waals surface area contributed by atoms with Crippen molar-refractivity contribution in [1.82, 2.24) is 0 Å². The number of carbonyl (C=O) groups excluding carboxylic acids is 4. The summed E-state index contributed by atoms with van der Waals surface area (Å²) >= 11 is 0. The molecule has 0 unspecified atom stereocenters. The first kappa shape index (κ1) is 25.6. The highest BCUT2D eigenvalue weighted by Crippen LogP contribution is 2.21. The third-order valence-corrected chi connectivity index (χ3v) is 4.67. The lowest BCUT2D eigenvalue weighted by Gasteiger charge is -2.08. The van der Waals surface area contributed by atoms with Gasteiger partial charge in [0.15, 0.2) is 0 Å². The van der Waals surface area contributed by atoms with Crippen LogP contribution < -0.4 is 18.9 Å². The van der Waals surface area contributed by atoms with Gasteiger partial charge in [0.1, 0.15) is 23.0 Å². The lowest BCUT2D eigenvalue weighted by atomic mass is 10.1. The summed E-state index contributed by atoms with van der Waals surface area (Å²) in [5, 5.41) is 0. The van der Waals surface area contributed by atoms with Crippen LogP contribution in [0.2, 0.25) is 0 Å². The Morgan fingerprint density at radius 2 is 1.00 bits per heavy atom. The third kappa shape index (κ3) is 7.81. The standard InChI is InChI=1S/C28H22O8/c1-3-25(29)33-21-10-5-19(6-11-21)7-18-27(31)35-23-14-16-24(17-15-23)36-28(32)20-8-12-22(13-9-20)34-26(30)4-2/h3-6,8-17H,1-2,7,18H2. The van der Waals surface area contributed by atoms with Crippen molar-refractivity contribution >= 4 is 23.9 Å². The lowest BCUT2D eigenvalue weighted by Crippen LogP contribution is -2.10. The molecule has 0 fully saturated rings. The summed E-state index contributed by atoms with van der Waals surface area (Å²) in [7, 11) is 0. The van der Waals surface area contributed by atoms with Crippen molar-refractivity contribution in [2.45, 2.75) is 12.8 Å². The molecule has 36 heavy (non-hydrogen) atoms. The van der Waals surface area contributed by atoms with E-state index >= 15 is 0 Å². The second-order valence-electron chi connectivity index (χ2n) is 7.25. The number of rotatable bonds is 10. The quantitative estimate of drug-likeness (QED) is 0.232. The van der Waals surface area contributed by atoms with Crippen LogP contribution in [0.25, 0.3) is 0 Å². The maximum absolute atomic E-state index is 12.3. The molecule has 0 atom stereocenters. The Morgan fingerprint density at radius 1 is 0.583 bits per heavy atom. The van der Waals surface area contributed by atoms with E-state index in [4.69, 9.17) is 18.9 Å². The minimum Gasteiger partial charge on any atom is -0.427 e. The molecule has 3 aromatic carbocycles. The molecule has 0 heterocycles. The van der Waals surface area contributed by atoms with E-state index in [1.54, 1.807) is 24.3 Å². The van der Waals surface area contributed by atoms with Crippen LogP contribution in [0.4, 0.5) is 0 Å². The third-order valence-electron chi connectivity index (χ3n) is 4.67. The zero-order valence-corrected chi connectivity index (χ0v) is 19.2. The van der Waals surface area contributed by atoms with Gasteiger partial charge < -0.3 is 18.9 Å². The highest BCUT2D eigenvalue weighted by molar-refractivity contribution is 5.91. The monoisotopic (exact) mass is 486 g/mol. The highest BCUT2D eigenvalue weighted by Gasteiger charge is 2.11.